The summed E-state index contributed by atoms with van der Waals surface area (Å²) >= 11 is 1.48. The lowest BCUT2D eigenvalue weighted by Crippen LogP contribution is -2.08. The van der Waals surface area contributed by atoms with E-state index in [9.17, 15) is 4.39 Å². The number of hydrogen-bond donors (Lipinski definition) is 1. The van der Waals surface area contributed by atoms with Gasteiger partial charge >= 0.3 is 0 Å². The summed E-state index contributed by atoms with van der Waals surface area (Å²) in [4.78, 5) is 4.18. The SMILES string of the molecule is CC(C)Nc1nc2c(F)cccc2s1. The third-order valence-corrected chi connectivity index (χ3v) is 2.73. The Labute approximate surface area is 85.8 Å². The van der Waals surface area contributed by atoms with Crippen molar-refractivity contribution in [2.45, 2.75) is 19.9 Å². The lowest BCUT2D eigenvalue weighted by atomic mass is 10.3. The molecule has 0 fully saturated rings. The second-order valence-electron chi connectivity index (χ2n) is 3.40. The second-order valence-corrected chi connectivity index (χ2v) is 4.44. The quantitative estimate of drug-likeness (QED) is 0.823. The van der Waals surface area contributed by atoms with E-state index in [2.05, 4.69) is 10.3 Å². The summed E-state index contributed by atoms with van der Waals surface area (Å²) in [6.07, 6.45) is 0. The van der Waals surface area contributed by atoms with Crippen LogP contribution in [-0.2, 0) is 0 Å². The Balaban J connectivity index is 2.46. The lowest BCUT2D eigenvalue weighted by Gasteiger charge is -2.03. The molecule has 0 unspecified atom stereocenters. The van der Waals surface area contributed by atoms with Gasteiger partial charge in [-0.25, -0.2) is 9.37 Å². The van der Waals surface area contributed by atoms with Gasteiger partial charge in [0, 0.05) is 6.04 Å². The van der Waals surface area contributed by atoms with Crippen LogP contribution < -0.4 is 5.32 Å². The topological polar surface area (TPSA) is 24.9 Å². The van der Waals surface area contributed by atoms with E-state index in [-0.39, 0.29) is 5.82 Å². The molecule has 2 aromatic rings. The summed E-state index contributed by atoms with van der Waals surface area (Å²) in [5.74, 6) is -0.254. The number of aromatic nitrogens is 1. The second kappa shape index (κ2) is 3.53. The van der Waals surface area contributed by atoms with Crippen molar-refractivity contribution >= 4 is 26.7 Å². The fourth-order valence-electron chi connectivity index (χ4n) is 1.22. The zero-order valence-corrected chi connectivity index (χ0v) is 8.86. The van der Waals surface area contributed by atoms with E-state index in [1.807, 2.05) is 19.9 Å². The summed E-state index contributed by atoms with van der Waals surface area (Å²) in [6.45, 7) is 4.06. The Morgan fingerprint density at radius 1 is 1.43 bits per heavy atom. The van der Waals surface area contributed by atoms with Gasteiger partial charge in [0.25, 0.3) is 0 Å². The summed E-state index contributed by atoms with van der Waals surface area (Å²) in [6, 6.07) is 5.33. The number of anilines is 1. The maximum Gasteiger partial charge on any atom is 0.184 e. The number of rotatable bonds is 2. The molecule has 0 aliphatic carbocycles. The van der Waals surface area contributed by atoms with Crippen LogP contribution in [0.4, 0.5) is 9.52 Å². The maximum absolute atomic E-state index is 13.3. The first-order valence-corrected chi connectivity index (χ1v) is 5.30. The van der Waals surface area contributed by atoms with Crippen LogP contribution in [-0.4, -0.2) is 11.0 Å². The molecule has 1 aromatic carbocycles. The Kier molecular flexibility index (Phi) is 2.37. The molecule has 0 spiro atoms. The van der Waals surface area contributed by atoms with Crippen LogP contribution in [0.25, 0.3) is 10.2 Å². The predicted octanol–water partition coefficient (Wildman–Crippen LogP) is 3.26. The Hall–Kier alpha value is -1.16. The van der Waals surface area contributed by atoms with Crippen molar-refractivity contribution in [3.05, 3.63) is 24.0 Å². The molecule has 1 heterocycles. The summed E-state index contributed by atoms with van der Waals surface area (Å²) in [7, 11) is 0. The van der Waals surface area contributed by atoms with E-state index >= 15 is 0 Å². The van der Waals surface area contributed by atoms with Crippen molar-refractivity contribution in [1.29, 1.82) is 0 Å². The highest BCUT2D eigenvalue weighted by Gasteiger charge is 2.07. The fraction of sp³-hybridized carbons (Fsp3) is 0.300. The molecule has 0 saturated heterocycles. The van der Waals surface area contributed by atoms with Crippen molar-refractivity contribution in [3.63, 3.8) is 0 Å². The molecule has 4 heteroatoms. The molecule has 0 saturated carbocycles. The van der Waals surface area contributed by atoms with Gasteiger partial charge in [-0.2, -0.15) is 0 Å². The zero-order chi connectivity index (χ0) is 10.1. The van der Waals surface area contributed by atoms with Crippen molar-refractivity contribution in [2.24, 2.45) is 0 Å². The third-order valence-electron chi connectivity index (χ3n) is 1.78. The highest BCUT2D eigenvalue weighted by atomic mass is 32.1. The maximum atomic E-state index is 13.3. The zero-order valence-electron chi connectivity index (χ0n) is 8.04. The molecule has 0 bridgehead atoms. The van der Waals surface area contributed by atoms with E-state index in [0.29, 0.717) is 11.6 Å². The van der Waals surface area contributed by atoms with Crippen LogP contribution >= 0.6 is 11.3 Å². The monoisotopic (exact) mass is 210 g/mol. The largest absolute Gasteiger partial charge is 0.359 e. The van der Waals surface area contributed by atoms with Crippen LogP contribution in [0.1, 0.15) is 13.8 Å². The van der Waals surface area contributed by atoms with Gasteiger partial charge < -0.3 is 5.32 Å². The van der Waals surface area contributed by atoms with Crippen molar-refractivity contribution in [3.8, 4) is 0 Å². The smallest absolute Gasteiger partial charge is 0.184 e. The van der Waals surface area contributed by atoms with Gasteiger partial charge in [0.1, 0.15) is 11.3 Å². The van der Waals surface area contributed by atoms with Crippen LogP contribution in [0, 0.1) is 5.82 Å². The standard InChI is InChI=1S/C10H11FN2S/c1-6(2)12-10-13-9-7(11)4-3-5-8(9)14-10/h3-6H,1-2H3,(H,12,13). The summed E-state index contributed by atoms with van der Waals surface area (Å²) in [5.41, 5.74) is 0.459. The number of fused-ring (bicyclic) bond motifs is 1. The van der Waals surface area contributed by atoms with Gasteiger partial charge in [-0.15, -0.1) is 0 Å². The highest BCUT2D eigenvalue weighted by molar-refractivity contribution is 7.22. The molecule has 14 heavy (non-hydrogen) atoms. The van der Waals surface area contributed by atoms with E-state index in [1.165, 1.54) is 17.4 Å². The van der Waals surface area contributed by atoms with Crippen LogP contribution in [0.5, 0.6) is 0 Å². The predicted molar refractivity (Wildman–Crippen MR) is 58.3 cm³/mol. The third kappa shape index (κ3) is 1.70. The molecule has 0 aliphatic rings. The number of para-hydroxylation sites is 1. The molecule has 1 aromatic heterocycles. The van der Waals surface area contributed by atoms with Crippen LogP contribution in [0.15, 0.2) is 18.2 Å². The Morgan fingerprint density at radius 2 is 2.21 bits per heavy atom. The number of halogens is 1. The van der Waals surface area contributed by atoms with Crippen LogP contribution in [0.2, 0.25) is 0 Å². The van der Waals surface area contributed by atoms with Gasteiger partial charge in [-0.3, -0.25) is 0 Å². The number of hydrogen-bond acceptors (Lipinski definition) is 3. The minimum atomic E-state index is -0.254. The molecule has 0 aliphatic heterocycles. The summed E-state index contributed by atoms with van der Waals surface area (Å²) < 4.78 is 14.1. The van der Waals surface area contributed by atoms with E-state index in [4.69, 9.17) is 0 Å². The highest BCUT2D eigenvalue weighted by Crippen LogP contribution is 2.27. The average molecular weight is 210 g/mol. The normalized spacial score (nSPS) is 11.1. The van der Waals surface area contributed by atoms with Gasteiger partial charge in [-0.05, 0) is 26.0 Å². The van der Waals surface area contributed by atoms with Gasteiger partial charge in [-0.1, -0.05) is 17.4 Å². The molecular formula is C10H11FN2S. The number of nitrogens with zero attached hydrogens (tertiary/aromatic N) is 1. The first kappa shape index (κ1) is 9.40. The number of nitrogens with one attached hydrogen (secondary N) is 1. The summed E-state index contributed by atoms with van der Waals surface area (Å²) in [5, 5.41) is 3.94. The van der Waals surface area contributed by atoms with Gasteiger partial charge in [0.15, 0.2) is 5.13 Å². The minimum Gasteiger partial charge on any atom is -0.359 e. The molecule has 0 amide bonds. The van der Waals surface area contributed by atoms with E-state index in [0.717, 1.165) is 9.83 Å². The molecule has 0 radical (unpaired) electrons. The van der Waals surface area contributed by atoms with Crippen molar-refractivity contribution in [1.82, 2.24) is 4.98 Å². The lowest BCUT2D eigenvalue weighted by molar-refractivity contribution is 0.637. The van der Waals surface area contributed by atoms with E-state index < -0.39 is 0 Å². The Morgan fingerprint density at radius 3 is 2.86 bits per heavy atom. The minimum absolute atomic E-state index is 0.254. The first-order chi connectivity index (χ1) is 6.66. The van der Waals surface area contributed by atoms with Crippen molar-refractivity contribution < 1.29 is 4.39 Å². The molecule has 0 atom stereocenters. The molecule has 2 nitrogen and oxygen atoms in total. The molecule has 2 rings (SSSR count). The van der Waals surface area contributed by atoms with Gasteiger partial charge in [0.05, 0.1) is 4.70 Å². The Bertz CT molecular complexity index is 450. The first-order valence-electron chi connectivity index (χ1n) is 4.48. The van der Waals surface area contributed by atoms with Gasteiger partial charge in [0.2, 0.25) is 0 Å². The number of benzene rings is 1. The molecular weight excluding hydrogens is 199 g/mol. The van der Waals surface area contributed by atoms with Crippen LogP contribution in [0.3, 0.4) is 0 Å². The van der Waals surface area contributed by atoms with Crippen molar-refractivity contribution in [2.75, 3.05) is 5.32 Å². The fourth-order valence-corrected chi connectivity index (χ4v) is 2.25. The number of thiazole rings is 1. The molecule has 1 N–H and O–H groups in total. The average Bonchev–Trinajstić information content (AvgIpc) is 2.47. The van der Waals surface area contributed by atoms with E-state index in [1.54, 1.807) is 6.07 Å². The molecule has 74 valence electrons.